The summed E-state index contributed by atoms with van der Waals surface area (Å²) < 4.78 is 8.32. The first kappa shape index (κ1) is 14.1. The SMILES string of the molecule is C1=[N+](c2ccccc2)CSc2c1cccc2Oc1ccccc1. The zero-order valence-corrected chi connectivity index (χ0v) is 13.4. The molecule has 4 rings (SSSR count). The molecule has 0 unspecified atom stereocenters. The van der Waals surface area contributed by atoms with Crippen molar-refractivity contribution < 1.29 is 9.31 Å². The van der Waals surface area contributed by atoms with Gasteiger partial charge in [-0.15, -0.1) is 0 Å². The Balaban J connectivity index is 1.69. The molecule has 0 amide bonds. The lowest BCUT2D eigenvalue weighted by Gasteiger charge is -2.15. The van der Waals surface area contributed by atoms with Gasteiger partial charge in [0.05, 0.1) is 10.5 Å². The number of thioether (sulfide) groups is 1. The van der Waals surface area contributed by atoms with Crippen LogP contribution in [-0.4, -0.2) is 16.7 Å². The second kappa shape index (κ2) is 6.31. The van der Waals surface area contributed by atoms with Gasteiger partial charge in [0.2, 0.25) is 5.69 Å². The third-order valence-electron chi connectivity index (χ3n) is 3.71. The highest BCUT2D eigenvalue weighted by atomic mass is 32.2. The van der Waals surface area contributed by atoms with Crippen LogP contribution in [-0.2, 0) is 0 Å². The van der Waals surface area contributed by atoms with Crippen LogP contribution in [0.1, 0.15) is 5.56 Å². The molecule has 2 nitrogen and oxygen atoms in total. The fourth-order valence-electron chi connectivity index (χ4n) is 2.59. The van der Waals surface area contributed by atoms with Crippen molar-refractivity contribution in [3.8, 4) is 11.5 Å². The molecule has 3 aromatic carbocycles. The lowest BCUT2D eigenvalue weighted by molar-refractivity contribution is -0.411. The van der Waals surface area contributed by atoms with E-state index in [-0.39, 0.29) is 0 Å². The summed E-state index contributed by atoms with van der Waals surface area (Å²) in [5.41, 5.74) is 2.40. The summed E-state index contributed by atoms with van der Waals surface area (Å²) in [6.07, 6.45) is 2.19. The van der Waals surface area contributed by atoms with E-state index in [9.17, 15) is 0 Å². The van der Waals surface area contributed by atoms with Gasteiger partial charge in [0.1, 0.15) is 11.5 Å². The Morgan fingerprint density at radius 3 is 2.30 bits per heavy atom. The van der Waals surface area contributed by atoms with Gasteiger partial charge in [0.25, 0.3) is 0 Å². The molecule has 0 atom stereocenters. The largest absolute Gasteiger partial charge is 0.456 e. The summed E-state index contributed by atoms with van der Waals surface area (Å²) in [6.45, 7) is 0. The predicted octanol–water partition coefficient (Wildman–Crippen LogP) is 5.31. The van der Waals surface area contributed by atoms with Gasteiger partial charge in [-0.25, -0.2) is 0 Å². The first-order valence-electron chi connectivity index (χ1n) is 7.55. The van der Waals surface area contributed by atoms with Crippen LogP contribution in [0, 0.1) is 0 Å². The molecule has 3 heteroatoms. The van der Waals surface area contributed by atoms with Gasteiger partial charge in [-0.1, -0.05) is 54.2 Å². The van der Waals surface area contributed by atoms with Crippen molar-refractivity contribution in [2.24, 2.45) is 0 Å². The molecular formula is C20H16NOS+. The quantitative estimate of drug-likeness (QED) is 0.607. The first-order valence-corrected chi connectivity index (χ1v) is 8.54. The highest BCUT2D eigenvalue weighted by Crippen LogP contribution is 2.37. The molecule has 0 N–H and O–H groups in total. The van der Waals surface area contributed by atoms with E-state index >= 15 is 0 Å². The van der Waals surface area contributed by atoms with Crippen molar-refractivity contribution in [1.29, 1.82) is 0 Å². The molecule has 1 aliphatic rings. The molecular weight excluding hydrogens is 302 g/mol. The average molecular weight is 318 g/mol. The summed E-state index contributed by atoms with van der Waals surface area (Å²) >= 11 is 1.81. The number of hydrogen-bond donors (Lipinski definition) is 0. The van der Waals surface area contributed by atoms with Gasteiger partial charge in [-0.05, 0) is 24.3 Å². The van der Waals surface area contributed by atoms with Gasteiger partial charge in [0, 0.05) is 12.1 Å². The molecule has 0 spiro atoms. The number of rotatable bonds is 3. The summed E-state index contributed by atoms with van der Waals surface area (Å²) in [7, 11) is 0. The van der Waals surface area contributed by atoms with Gasteiger partial charge in [0.15, 0.2) is 12.1 Å². The van der Waals surface area contributed by atoms with E-state index in [4.69, 9.17) is 4.74 Å². The van der Waals surface area contributed by atoms with Crippen LogP contribution >= 0.6 is 11.8 Å². The van der Waals surface area contributed by atoms with E-state index < -0.39 is 0 Å². The van der Waals surface area contributed by atoms with Crippen molar-refractivity contribution in [3.05, 3.63) is 84.4 Å². The van der Waals surface area contributed by atoms with Gasteiger partial charge >= 0.3 is 0 Å². The van der Waals surface area contributed by atoms with Crippen LogP contribution in [0.2, 0.25) is 0 Å². The summed E-state index contributed by atoms with van der Waals surface area (Å²) in [5.74, 6) is 2.67. The number of para-hydroxylation sites is 2. The maximum Gasteiger partial charge on any atom is 0.205 e. The van der Waals surface area contributed by atoms with Crippen LogP contribution in [0.4, 0.5) is 5.69 Å². The summed E-state index contributed by atoms with van der Waals surface area (Å²) in [4.78, 5) is 1.20. The summed E-state index contributed by atoms with van der Waals surface area (Å²) in [6, 6.07) is 26.6. The van der Waals surface area contributed by atoms with Crippen LogP contribution < -0.4 is 4.74 Å². The Bertz CT molecular complexity index is 844. The molecule has 0 bridgehead atoms. The van der Waals surface area contributed by atoms with Crippen molar-refractivity contribution in [1.82, 2.24) is 0 Å². The molecule has 0 saturated carbocycles. The molecule has 0 radical (unpaired) electrons. The Morgan fingerprint density at radius 2 is 1.52 bits per heavy atom. The molecule has 1 aliphatic heterocycles. The van der Waals surface area contributed by atoms with Crippen LogP contribution in [0.5, 0.6) is 11.5 Å². The van der Waals surface area contributed by atoms with Crippen LogP contribution in [0.25, 0.3) is 0 Å². The monoisotopic (exact) mass is 318 g/mol. The highest BCUT2D eigenvalue weighted by Gasteiger charge is 2.21. The predicted molar refractivity (Wildman–Crippen MR) is 95.2 cm³/mol. The van der Waals surface area contributed by atoms with E-state index in [0.717, 1.165) is 17.4 Å². The molecule has 0 fully saturated rings. The van der Waals surface area contributed by atoms with E-state index in [1.807, 2.05) is 60.3 Å². The zero-order chi connectivity index (χ0) is 15.5. The van der Waals surface area contributed by atoms with E-state index in [1.165, 1.54) is 16.1 Å². The fourth-order valence-corrected chi connectivity index (χ4v) is 3.62. The molecule has 0 saturated heterocycles. The Kier molecular flexibility index (Phi) is 3.86. The van der Waals surface area contributed by atoms with Crippen LogP contribution in [0.3, 0.4) is 0 Å². The average Bonchev–Trinajstić information content (AvgIpc) is 2.63. The maximum atomic E-state index is 6.06. The van der Waals surface area contributed by atoms with Crippen molar-refractivity contribution in [2.75, 3.05) is 5.88 Å². The third kappa shape index (κ3) is 3.01. The normalized spacial score (nSPS) is 13.1. The standard InChI is InChI=1S/C20H16NOS/c1-3-9-17(10-4-1)21-14-16-8-7-13-19(20(16)23-15-21)22-18-11-5-2-6-12-18/h1-14H,15H2/q+1. The second-order valence-electron chi connectivity index (χ2n) is 5.30. The fraction of sp³-hybridized carbons (Fsp3) is 0.0500. The van der Waals surface area contributed by atoms with Gasteiger partial charge in [-0.2, -0.15) is 4.58 Å². The smallest absolute Gasteiger partial charge is 0.205 e. The third-order valence-corrected chi connectivity index (χ3v) is 4.84. The van der Waals surface area contributed by atoms with E-state index in [0.29, 0.717) is 0 Å². The number of fused-ring (bicyclic) bond motifs is 1. The van der Waals surface area contributed by atoms with Gasteiger partial charge in [-0.3, -0.25) is 0 Å². The Morgan fingerprint density at radius 1 is 0.783 bits per heavy atom. The molecule has 0 aliphatic carbocycles. The molecule has 1 heterocycles. The lowest BCUT2D eigenvalue weighted by Crippen LogP contribution is -2.12. The number of ether oxygens (including phenoxy) is 1. The van der Waals surface area contributed by atoms with Gasteiger partial charge < -0.3 is 4.74 Å². The molecule has 3 aromatic rings. The number of nitrogens with zero attached hydrogens (tertiary/aromatic N) is 1. The maximum absolute atomic E-state index is 6.06. The van der Waals surface area contributed by atoms with Crippen LogP contribution in [0.15, 0.2) is 83.8 Å². The number of hydrogen-bond acceptors (Lipinski definition) is 2. The Hall–Kier alpha value is -2.52. The minimum atomic E-state index is 0.868. The van der Waals surface area contributed by atoms with Crippen molar-refractivity contribution in [2.45, 2.75) is 4.90 Å². The second-order valence-corrected chi connectivity index (χ2v) is 6.25. The minimum Gasteiger partial charge on any atom is -0.456 e. The first-order chi connectivity index (χ1) is 11.4. The van der Waals surface area contributed by atoms with E-state index in [2.05, 4.69) is 41.1 Å². The minimum absolute atomic E-state index is 0.868. The van der Waals surface area contributed by atoms with Crippen molar-refractivity contribution >= 4 is 23.7 Å². The molecule has 0 aromatic heterocycles. The van der Waals surface area contributed by atoms with E-state index in [1.54, 1.807) is 0 Å². The number of benzene rings is 3. The van der Waals surface area contributed by atoms with Crippen molar-refractivity contribution in [3.63, 3.8) is 0 Å². The lowest BCUT2D eigenvalue weighted by atomic mass is 10.2. The molecule has 23 heavy (non-hydrogen) atoms. The zero-order valence-electron chi connectivity index (χ0n) is 12.6. The summed E-state index contributed by atoms with van der Waals surface area (Å²) in [5, 5.41) is 0. The Labute approximate surface area is 140 Å². The highest BCUT2D eigenvalue weighted by molar-refractivity contribution is 7.99. The molecule has 112 valence electrons. The topological polar surface area (TPSA) is 12.2 Å².